The molecule has 1 saturated heterocycles. The highest BCUT2D eigenvalue weighted by atomic mass is 32.2. The second-order valence-corrected chi connectivity index (χ2v) is 8.10. The van der Waals surface area contributed by atoms with Gasteiger partial charge in [-0.15, -0.1) is 10.2 Å². The van der Waals surface area contributed by atoms with E-state index in [2.05, 4.69) is 20.2 Å². The van der Waals surface area contributed by atoms with E-state index >= 15 is 0 Å². The summed E-state index contributed by atoms with van der Waals surface area (Å²) >= 11 is 0. The summed E-state index contributed by atoms with van der Waals surface area (Å²) in [5, 5.41) is 10.6. The Bertz CT molecular complexity index is 786. The molecular formula is C16H22N4O3S. The van der Waals surface area contributed by atoms with Gasteiger partial charge in [0.2, 0.25) is 21.8 Å². The number of aromatic nitrogens is 2. The van der Waals surface area contributed by atoms with Gasteiger partial charge in [0, 0.05) is 19.5 Å². The molecule has 130 valence electrons. The number of hydrogen-bond donors (Lipinski definition) is 2. The Hall–Kier alpha value is -1.77. The minimum absolute atomic E-state index is 0.209. The van der Waals surface area contributed by atoms with E-state index < -0.39 is 15.3 Å². The fourth-order valence-electron chi connectivity index (χ4n) is 2.69. The van der Waals surface area contributed by atoms with Gasteiger partial charge >= 0.3 is 0 Å². The molecule has 1 fully saturated rings. The van der Waals surface area contributed by atoms with Gasteiger partial charge < -0.3 is 9.73 Å². The van der Waals surface area contributed by atoms with Gasteiger partial charge in [0.15, 0.2) is 0 Å². The Morgan fingerprint density at radius 3 is 2.71 bits per heavy atom. The third kappa shape index (κ3) is 3.82. The maximum Gasteiger partial charge on any atom is 0.233 e. The summed E-state index contributed by atoms with van der Waals surface area (Å²) in [5.41, 5.74) is 2.09. The third-order valence-corrected chi connectivity index (χ3v) is 5.99. The molecule has 2 N–H and O–H groups in total. The predicted octanol–water partition coefficient (Wildman–Crippen LogP) is 1.46. The zero-order valence-electron chi connectivity index (χ0n) is 13.8. The first kappa shape index (κ1) is 17.1. The molecule has 1 aliphatic rings. The number of nitrogens with one attached hydrogen (secondary N) is 2. The van der Waals surface area contributed by atoms with Gasteiger partial charge in [-0.2, -0.15) is 0 Å². The number of aryl methyl sites for hydroxylation is 2. The van der Waals surface area contributed by atoms with Crippen LogP contribution in [0.3, 0.4) is 0 Å². The first-order valence-electron chi connectivity index (χ1n) is 8.07. The van der Waals surface area contributed by atoms with Crippen molar-refractivity contribution in [1.29, 1.82) is 0 Å². The molecule has 3 rings (SSSR count). The van der Waals surface area contributed by atoms with Crippen molar-refractivity contribution in [2.45, 2.75) is 44.5 Å². The molecule has 24 heavy (non-hydrogen) atoms. The summed E-state index contributed by atoms with van der Waals surface area (Å²) in [4.78, 5) is 0. The van der Waals surface area contributed by atoms with Crippen LogP contribution >= 0.6 is 0 Å². The van der Waals surface area contributed by atoms with Crippen molar-refractivity contribution >= 4 is 10.0 Å². The Morgan fingerprint density at radius 1 is 1.29 bits per heavy atom. The van der Waals surface area contributed by atoms with Gasteiger partial charge in [-0.25, -0.2) is 13.1 Å². The van der Waals surface area contributed by atoms with E-state index in [1.165, 1.54) is 0 Å². The number of hydrogen-bond acceptors (Lipinski definition) is 6. The van der Waals surface area contributed by atoms with Crippen molar-refractivity contribution in [1.82, 2.24) is 20.2 Å². The minimum atomic E-state index is -3.41. The van der Waals surface area contributed by atoms with Gasteiger partial charge in [0.25, 0.3) is 0 Å². The zero-order chi connectivity index (χ0) is 17.2. The number of benzene rings is 1. The number of sulfonamides is 1. The summed E-state index contributed by atoms with van der Waals surface area (Å²) in [6.07, 6.45) is 1.09. The average molecular weight is 350 g/mol. The minimum Gasteiger partial charge on any atom is -0.424 e. The van der Waals surface area contributed by atoms with Crippen molar-refractivity contribution in [2.24, 2.45) is 0 Å². The summed E-state index contributed by atoms with van der Waals surface area (Å²) in [7, 11) is -3.41. The van der Waals surface area contributed by atoms with Gasteiger partial charge in [-0.05, 0) is 18.9 Å². The van der Waals surface area contributed by atoms with E-state index in [4.69, 9.17) is 4.42 Å². The molecule has 2 heterocycles. The highest BCUT2D eigenvalue weighted by molar-refractivity contribution is 7.90. The van der Waals surface area contributed by atoms with Crippen LogP contribution in [-0.2, 0) is 23.0 Å². The molecule has 0 aliphatic carbocycles. The molecule has 0 spiro atoms. The summed E-state index contributed by atoms with van der Waals surface area (Å²) < 4.78 is 33.2. The lowest BCUT2D eigenvalue weighted by Crippen LogP contribution is -2.35. The van der Waals surface area contributed by atoms with Crippen LogP contribution in [0.4, 0.5) is 0 Å². The van der Waals surface area contributed by atoms with Crippen LogP contribution in [0.15, 0.2) is 28.7 Å². The maximum absolute atomic E-state index is 12.5. The Morgan fingerprint density at radius 2 is 2.04 bits per heavy atom. The molecule has 0 bridgehead atoms. The van der Waals surface area contributed by atoms with Gasteiger partial charge in [-0.3, -0.25) is 0 Å². The van der Waals surface area contributed by atoms with Crippen LogP contribution in [0, 0.1) is 6.92 Å². The Kier molecular flexibility index (Phi) is 4.98. The molecule has 2 atom stereocenters. The van der Waals surface area contributed by atoms with E-state index in [1.54, 1.807) is 0 Å². The Balaban J connectivity index is 1.60. The first-order valence-corrected chi connectivity index (χ1v) is 9.62. The van der Waals surface area contributed by atoms with E-state index in [0.717, 1.165) is 11.1 Å². The van der Waals surface area contributed by atoms with Crippen molar-refractivity contribution in [2.75, 3.05) is 6.54 Å². The summed E-state index contributed by atoms with van der Waals surface area (Å²) in [6.45, 7) is 4.60. The van der Waals surface area contributed by atoms with Gasteiger partial charge in [0.1, 0.15) is 0 Å². The van der Waals surface area contributed by atoms with E-state index in [9.17, 15) is 8.42 Å². The number of rotatable bonds is 6. The predicted molar refractivity (Wildman–Crippen MR) is 89.8 cm³/mol. The van der Waals surface area contributed by atoms with E-state index in [0.29, 0.717) is 37.7 Å². The quantitative estimate of drug-likeness (QED) is 0.819. The SMILES string of the molecule is CCc1nnc(C2CC(S(=O)(=O)NCc3ccc(C)cc3)CN2)o1. The molecule has 1 aromatic carbocycles. The highest BCUT2D eigenvalue weighted by Gasteiger charge is 2.36. The molecule has 2 unspecified atom stereocenters. The summed E-state index contributed by atoms with van der Waals surface area (Å²) in [5.74, 6) is 1.03. The lowest BCUT2D eigenvalue weighted by atomic mass is 10.2. The van der Waals surface area contributed by atoms with E-state index in [-0.39, 0.29) is 6.04 Å². The molecule has 8 heteroatoms. The third-order valence-electron chi connectivity index (χ3n) is 4.21. The van der Waals surface area contributed by atoms with Crippen LogP contribution in [0.2, 0.25) is 0 Å². The number of nitrogens with zero attached hydrogens (tertiary/aromatic N) is 2. The molecule has 0 saturated carbocycles. The zero-order valence-corrected chi connectivity index (χ0v) is 14.6. The first-order chi connectivity index (χ1) is 11.5. The van der Waals surface area contributed by atoms with Crippen LogP contribution in [-0.4, -0.2) is 30.4 Å². The monoisotopic (exact) mass is 350 g/mol. The maximum atomic E-state index is 12.5. The molecule has 1 aromatic heterocycles. The molecular weight excluding hydrogens is 328 g/mol. The Labute approximate surface area is 141 Å². The van der Waals surface area contributed by atoms with Crippen LogP contribution < -0.4 is 10.0 Å². The second kappa shape index (κ2) is 7.00. The van der Waals surface area contributed by atoms with E-state index in [1.807, 2.05) is 38.1 Å². The normalized spacial score (nSPS) is 21.2. The molecule has 0 radical (unpaired) electrons. The molecule has 1 aliphatic heterocycles. The second-order valence-electron chi connectivity index (χ2n) is 6.06. The van der Waals surface area contributed by atoms with Crippen LogP contribution in [0.5, 0.6) is 0 Å². The van der Waals surface area contributed by atoms with Crippen LogP contribution in [0.1, 0.15) is 42.3 Å². The van der Waals surface area contributed by atoms with Crippen molar-refractivity contribution in [3.8, 4) is 0 Å². The smallest absolute Gasteiger partial charge is 0.233 e. The lowest BCUT2D eigenvalue weighted by molar-refractivity contribution is 0.405. The average Bonchev–Trinajstić information content (AvgIpc) is 3.23. The van der Waals surface area contributed by atoms with Crippen molar-refractivity contribution in [3.63, 3.8) is 0 Å². The standard InChI is InChI=1S/C16H22N4O3S/c1-3-15-19-20-16(23-15)14-8-13(10-17-14)24(21,22)18-9-12-6-4-11(2)5-7-12/h4-7,13-14,17-18H,3,8-10H2,1-2H3. The molecule has 0 amide bonds. The lowest BCUT2D eigenvalue weighted by Gasteiger charge is -2.12. The largest absolute Gasteiger partial charge is 0.424 e. The summed E-state index contributed by atoms with van der Waals surface area (Å²) in [6, 6.07) is 7.59. The highest BCUT2D eigenvalue weighted by Crippen LogP contribution is 2.26. The van der Waals surface area contributed by atoms with Gasteiger partial charge in [0.05, 0.1) is 11.3 Å². The van der Waals surface area contributed by atoms with Crippen molar-refractivity contribution < 1.29 is 12.8 Å². The fraction of sp³-hybridized carbons (Fsp3) is 0.500. The van der Waals surface area contributed by atoms with Crippen LogP contribution in [0.25, 0.3) is 0 Å². The van der Waals surface area contributed by atoms with Gasteiger partial charge in [-0.1, -0.05) is 36.8 Å². The molecule has 7 nitrogen and oxygen atoms in total. The molecule has 2 aromatic rings. The topological polar surface area (TPSA) is 97.1 Å². The fourth-order valence-corrected chi connectivity index (χ4v) is 4.05. The van der Waals surface area contributed by atoms with Crippen molar-refractivity contribution in [3.05, 3.63) is 47.2 Å².